The monoisotopic (exact) mass is 654 g/mol. The Labute approximate surface area is 275 Å². The van der Waals surface area contributed by atoms with Crippen molar-refractivity contribution in [2.75, 3.05) is 51.5 Å². The Kier molecular flexibility index (Phi) is 10.9. The molecule has 0 spiro atoms. The summed E-state index contributed by atoms with van der Waals surface area (Å²) in [4.78, 5) is 47.4. The number of fused-ring (bicyclic) bond motifs is 1. The van der Waals surface area contributed by atoms with Crippen LogP contribution in [0.1, 0.15) is 68.6 Å². The molecule has 256 valence electrons. The van der Waals surface area contributed by atoms with Crippen molar-refractivity contribution in [3.8, 4) is 11.5 Å². The van der Waals surface area contributed by atoms with Crippen LogP contribution in [0.5, 0.6) is 11.5 Å². The zero-order valence-corrected chi connectivity index (χ0v) is 27.8. The maximum absolute atomic E-state index is 14.5. The van der Waals surface area contributed by atoms with E-state index in [-0.39, 0.29) is 50.3 Å². The SMILES string of the molecule is CCCC(CCC)N(C(=O)CN1C[C@H](c2cc(CO)c3c(c2)OCO3)[C@@H](C(=O)O)[C@@H]1CCN1CCN(C)C1=O)c1ccc(F)c(C)c1. The minimum atomic E-state index is -0.996. The topological polar surface area (TPSA) is 123 Å². The zero-order valence-electron chi connectivity index (χ0n) is 27.8. The van der Waals surface area contributed by atoms with Gasteiger partial charge in [-0.2, -0.15) is 0 Å². The summed E-state index contributed by atoms with van der Waals surface area (Å²) < 4.78 is 25.5. The molecular weight excluding hydrogens is 607 g/mol. The summed E-state index contributed by atoms with van der Waals surface area (Å²) in [6, 6.07) is 7.51. The number of aliphatic hydroxyl groups is 1. The van der Waals surface area contributed by atoms with E-state index in [1.54, 1.807) is 52.9 Å². The number of aliphatic carboxylic acids is 1. The van der Waals surface area contributed by atoms with Crippen LogP contribution in [0.25, 0.3) is 0 Å². The summed E-state index contributed by atoms with van der Waals surface area (Å²) in [5.41, 5.74) is 2.26. The van der Waals surface area contributed by atoms with Crippen molar-refractivity contribution < 1.29 is 38.5 Å². The van der Waals surface area contributed by atoms with Gasteiger partial charge in [0.2, 0.25) is 12.7 Å². The molecule has 3 aliphatic heterocycles. The predicted molar refractivity (Wildman–Crippen MR) is 174 cm³/mol. The van der Waals surface area contributed by atoms with E-state index >= 15 is 0 Å². The number of anilines is 1. The third-order valence-corrected chi connectivity index (χ3v) is 9.84. The van der Waals surface area contributed by atoms with Gasteiger partial charge in [0, 0.05) is 62.5 Å². The van der Waals surface area contributed by atoms with Crippen molar-refractivity contribution in [1.82, 2.24) is 14.7 Å². The van der Waals surface area contributed by atoms with Crippen LogP contribution in [0.15, 0.2) is 30.3 Å². The second kappa shape index (κ2) is 14.9. The summed E-state index contributed by atoms with van der Waals surface area (Å²) >= 11 is 0. The number of hydrogen-bond donors (Lipinski definition) is 2. The largest absolute Gasteiger partial charge is 0.481 e. The van der Waals surface area contributed by atoms with E-state index in [9.17, 15) is 29.0 Å². The van der Waals surface area contributed by atoms with Crippen molar-refractivity contribution in [3.05, 3.63) is 52.8 Å². The van der Waals surface area contributed by atoms with Gasteiger partial charge in [-0.25, -0.2) is 9.18 Å². The molecule has 0 radical (unpaired) electrons. The van der Waals surface area contributed by atoms with Crippen molar-refractivity contribution >= 4 is 23.6 Å². The van der Waals surface area contributed by atoms with Crippen LogP contribution in [-0.2, 0) is 16.2 Å². The van der Waals surface area contributed by atoms with Gasteiger partial charge in [-0.3, -0.25) is 14.5 Å². The maximum atomic E-state index is 14.5. The Morgan fingerprint density at radius 2 is 1.85 bits per heavy atom. The number of likely N-dealkylation sites (tertiary alicyclic amines) is 1. The fraction of sp³-hybridized carbons (Fsp3) is 0.571. The average Bonchev–Trinajstić information content (AvgIpc) is 3.75. The van der Waals surface area contributed by atoms with E-state index in [0.717, 1.165) is 25.7 Å². The van der Waals surface area contributed by atoms with Crippen molar-refractivity contribution in [1.29, 1.82) is 0 Å². The number of aryl methyl sites for hydroxylation is 1. The lowest BCUT2D eigenvalue weighted by Gasteiger charge is -2.35. The molecule has 2 aromatic carbocycles. The van der Waals surface area contributed by atoms with Gasteiger partial charge in [0.1, 0.15) is 5.82 Å². The minimum Gasteiger partial charge on any atom is -0.481 e. The fourth-order valence-electron chi connectivity index (χ4n) is 7.48. The van der Waals surface area contributed by atoms with Crippen LogP contribution in [-0.4, -0.2) is 101 Å². The summed E-state index contributed by atoms with van der Waals surface area (Å²) in [5, 5.41) is 20.8. The normalized spacial score (nSPS) is 20.9. The number of amides is 3. The average molecular weight is 655 g/mol. The summed E-state index contributed by atoms with van der Waals surface area (Å²) in [6.45, 7) is 7.26. The standard InChI is InChI=1S/C35H47FN4O7/c1-5-7-25(8-6-2)40(26-9-10-28(36)22(3)15-26)31(42)19-39-18-27(23-16-24(20-41)33-30(17-23)46-21-47-33)32(34(43)44)29(39)11-12-38-14-13-37(4)35(38)45/h9-10,15-17,25,27,29,32,41H,5-8,11-14,18-21H2,1-4H3,(H,43,44)/t27-,29+,32-/m1/s1. The number of halogens is 1. The number of benzene rings is 2. The third-order valence-electron chi connectivity index (χ3n) is 9.84. The van der Waals surface area contributed by atoms with E-state index in [2.05, 4.69) is 13.8 Å². The zero-order chi connectivity index (χ0) is 33.8. The second-order valence-corrected chi connectivity index (χ2v) is 12.9. The molecule has 11 nitrogen and oxygen atoms in total. The van der Waals surface area contributed by atoms with E-state index in [0.29, 0.717) is 59.9 Å². The van der Waals surface area contributed by atoms with Gasteiger partial charge in [0.25, 0.3) is 0 Å². The van der Waals surface area contributed by atoms with Gasteiger partial charge in [-0.1, -0.05) is 26.7 Å². The number of likely N-dealkylation sites (N-methyl/N-ethyl adjacent to an activating group) is 1. The molecule has 2 fully saturated rings. The fourth-order valence-corrected chi connectivity index (χ4v) is 7.48. The molecule has 47 heavy (non-hydrogen) atoms. The molecule has 2 saturated heterocycles. The maximum Gasteiger partial charge on any atom is 0.319 e. The quantitative estimate of drug-likeness (QED) is 0.304. The Morgan fingerprint density at radius 1 is 1.11 bits per heavy atom. The van der Waals surface area contributed by atoms with Crippen molar-refractivity contribution in [2.24, 2.45) is 5.92 Å². The number of ether oxygens (including phenoxy) is 2. The number of aliphatic hydroxyl groups excluding tert-OH is 1. The third kappa shape index (κ3) is 7.18. The minimum absolute atomic E-state index is 0.00968. The van der Waals surface area contributed by atoms with Crippen LogP contribution >= 0.6 is 0 Å². The van der Waals surface area contributed by atoms with Crippen LogP contribution in [0.2, 0.25) is 0 Å². The number of carbonyl (C=O) groups is 3. The molecule has 3 atom stereocenters. The van der Waals surface area contributed by atoms with Gasteiger partial charge in [0.05, 0.1) is 19.1 Å². The highest BCUT2D eigenvalue weighted by molar-refractivity contribution is 5.95. The highest BCUT2D eigenvalue weighted by atomic mass is 19.1. The van der Waals surface area contributed by atoms with E-state index in [1.165, 1.54) is 6.07 Å². The summed E-state index contributed by atoms with van der Waals surface area (Å²) in [6.07, 6.45) is 3.62. The van der Waals surface area contributed by atoms with E-state index in [1.807, 2.05) is 4.90 Å². The van der Waals surface area contributed by atoms with Crippen molar-refractivity contribution in [3.63, 3.8) is 0 Å². The molecule has 2 aromatic rings. The first-order valence-electron chi connectivity index (χ1n) is 16.7. The Bertz CT molecular complexity index is 1470. The molecule has 3 aliphatic rings. The Balaban J connectivity index is 1.51. The number of urea groups is 1. The highest BCUT2D eigenvalue weighted by Crippen LogP contribution is 2.45. The van der Waals surface area contributed by atoms with Crippen LogP contribution in [0.3, 0.4) is 0 Å². The number of rotatable bonds is 14. The number of nitrogens with zero attached hydrogens (tertiary/aromatic N) is 4. The number of carboxylic acid groups (broad SMARTS) is 1. The Hall–Kier alpha value is -3.90. The second-order valence-electron chi connectivity index (χ2n) is 12.9. The number of carbonyl (C=O) groups excluding carboxylic acids is 2. The van der Waals surface area contributed by atoms with Crippen molar-refractivity contribution in [2.45, 2.75) is 77.5 Å². The smallest absolute Gasteiger partial charge is 0.319 e. The first kappa shape index (κ1) is 34.4. The lowest BCUT2D eigenvalue weighted by atomic mass is 9.83. The lowest BCUT2D eigenvalue weighted by molar-refractivity contribution is -0.143. The molecule has 0 saturated carbocycles. The predicted octanol–water partition coefficient (Wildman–Crippen LogP) is 4.58. The Morgan fingerprint density at radius 3 is 2.47 bits per heavy atom. The van der Waals surface area contributed by atoms with Gasteiger partial charge < -0.3 is 34.4 Å². The van der Waals surface area contributed by atoms with Crippen LogP contribution < -0.4 is 14.4 Å². The van der Waals surface area contributed by atoms with Crippen LogP contribution in [0.4, 0.5) is 14.9 Å². The van der Waals surface area contributed by atoms with Gasteiger partial charge >= 0.3 is 12.0 Å². The molecule has 3 heterocycles. The lowest BCUT2D eigenvalue weighted by Crippen LogP contribution is -2.48. The van der Waals surface area contributed by atoms with E-state index in [4.69, 9.17) is 9.47 Å². The van der Waals surface area contributed by atoms with Gasteiger partial charge in [-0.15, -0.1) is 0 Å². The number of carboxylic acids is 1. The molecule has 0 aromatic heterocycles. The molecule has 12 heteroatoms. The molecule has 2 N–H and O–H groups in total. The highest BCUT2D eigenvalue weighted by Gasteiger charge is 2.48. The van der Waals surface area contributed by atoms with E-state index < -0.39 is 23.8 Å². The van der Waals surface area contributed by atoms with Gasteiger partial charge in [-0.05, 0) is 67.6 Å². The summed E-state index contributed by atoms with van der Waals surface area (Å²) in [7, 11) is 1.74. The first-order valence-corrected chi connectivity index (χ1v) is 16.7. The molecular formula is C35H47FN4O7. The molecule has 5 rings (SSSR count). The molecule has 0 bridgehead atoms. The molecule has 0 unspecified atom stereocenters. The van der Waals surface area contributed by atoms with Crippen LogP contribution in [0, 0.1) is 18.7 Å². The molecule has 0 aliphatic carbocycles. The van der Waals surface area contributed by atoms with Gasteiger partial charge in [0.15, 0.2) is 11.5 Å². The number of hydrogen-bond acceptors (Lipinski definition) is 7. The molecule has 3 amide bonds. The first-order chi connectivity index (χ1) is 22.6. The summed E-state index contributed by atoms with van der Waals surface area (Å²) in [5.74, 6) is -2.04.